The Morgan fingerprint density at radius 1 is 1.10 bits per heavy atom. The van der Waals surface area contributed by atoms with Gasteiger partial charge >= 0.3 is 5.97 Å². The fourth-order valence-electron chi connectivity index (χ4n) is 3.26. The van der Waals surface area contributed by atoms with Gasteiger partial charge in [0.1, 0.15) is 11.6 Å². The van der Waals surface area contributed by atoms with Gasteiger partial charge in [-0.15, -0.1) is 0 Å². The van der Waals surface area contributed by atoms with Gasteiger partial charge in [-0.3, -0.25) is 10.2 Å². The molecule has 3 rings (SSSR count). The molecule has 2 aromatic rings. The zero-order valence-electron chi connectivity index (χ0n) is 16.7. The number of esters is 1. The highest BCUT2D eigenvalue weighted by atomic mass is 32.2. The normalized spacial score (nSPS) is 17.4. The lowest BCUT2D eigenvalue weighted by molar-refractivity contribution is -0.147. The number of sulfonamides is 1. The Kier molecular flexibility index (Phi) is 6.28. The van der Waals surface area contributed by atoms with Gasteiger partial charge in [0.2, 0.25) is 10.0 Å². The molecule has 1 aliphatic heterocycles. The van der Waals surface area contributed by atoms with Crippen LogP contribution in [0.1, 0.15) is 12.5 Å². The van der Waals surface area contributed by atoms with E-state index in [9.17, 15) is 13.2 Å². The van der Waals surface area contributed by atoms with Crippen LogP contribution in [0, 0.1) is 5.41 Å². The van der Waals surface area contributed by atoms with E-state index in [4.69, 9.17) is 20.6 Å². The standard InChI is InChI=1S/C20H24N4O5S/c1-14(25)29-19-13-23(30(26,27)18-9-7-17(28-2)8-10-18)11-12-24(19)16-5-3-15(4-6-16)20(21)22/h3-10,19H,11-13H2,1-2H3,(H3,21,22). The first-order chi connectivity index (χ1) is 14.2. The molecule has 2 aromatic carbocycles. The largest absolute Gasteiger partial charge is 0.497 e. The minimum atomic E-state index is -3.76. The Hall–Kier alpha value is -3.11. The zero-order chi connectivity index (χ0) is 21.9. The van der Waals surface area contributed by atoms with Crippen molar-refractivity contribution in [2.45, 2.75) is 18.0 Å². The summed E-state index contributed by atoms with van der Waals surface area (Å²) < 4.78 is 38.0. The number of nitrogen functional groups attached to an aromatic ring is 1. The van der Waals surface area contributed by atoms with Gasteiger partial charge in [0.15, 0.2) is 6.23 Å². The van der Waals surface area contributed by atoms with E-state index >= 15 is 0 Å². The summed E-state index contributed by atoms with van der Waals surface area (Å²) in [7, 11) is -2.25. The smallest absolute Gasteiger partial charge is 0.304 e. The highest BCUT2D eigenvalue weighted by Gasteiger charge is 2.36. The number of carbonyl (C=O) groups excluding carboxylic acids is 1. The minimum Gasteiger partial charge on any atom is -0.497 e. The summed E-state index contributed by atoms with van der Waals surface area (Å²) in [6, 6.07) is 13.1. The number of benzene rings is 2. The molecule has 0 saturated carbocycles. The topological polar surface area (TPSA) is 126 Å². The van der Waals surface area contributed by atoms with E-state index in [2.05, 4.69) is 0 Å². The molecular weight excluding hydrogens is 408 g/mol. The van der Waals surface area contributed by atoms with Gasteiger partial charge in [0.05, 0.1) is 18.6 Å². The maximum Gasteiger partial charge on any atom is 0.304 e. The van der Waals surface area contributed by atoms with E-state index in [-0.39, 0.29) is 23.8 Å². The number of nitrogens with zero attached hydrogens (tertiary/aromatic N) is 2. The average molecular weight is 433 g/mol. The second-order valence-electron chi connectivity index (χ2n) is 6.76. The summed E-state index contributed by atoms with van der Waals surface area (Å²) in [5.74, 6) is 0.00751. The second-order valence-corrected chi connectivity index (χ2v) is 8.69. The Morgan fingerprint density at radius 3 is 2.27 bits per heavy atom. The van der Waals surface area contributed by atoms with Crippen molar-refractivity contribution in [2.75, 3.05) is 31.6 Å². The summed E-state index contributed by atoms with van der Waals surface area (Å²) in [5.41, 5.74) is 6.81. The first kappa shape index (κ1) is 21.6. The second kappa shape index (κ2) is 8.72. The molecule has 0 bridgehead atoms. The molecule has 1 saturated heterocycles. The van der Waals surface area contributed by atoms with Crippen LogP contribution in [0.15, 0.2) is 53.4 Å². The van der Waals surface area contributed by atoms with Crippen LogP contribution in [0.2, 0.25) is 0 Å². The van der Waals surface area contributed by atoms with Crippen molar-refractivity contribution < 1.29 is 22.7 Å². The van der Waals surface area contributed by atoms with Crippen LogP contribution in [0.5, 0.6) is 5.75 Å². The van der Waals surface area contributed by atoms with Gasteiger partial charge in [-0.05, 0) is 48.5 Å². The number of nitrogens with two attached hydrogens (primary N) is 1. The molecule has 30 heavy (non-hydrogen) atoms. The predicted octanol–water partition coefficient (Wildman–Crippen LogP) is 1.38. The van der Waals surface area contributed by atoms with E-state index in [1.807, 2.05) is 4.90 Å². The van der Waals surface area contributed by atoms with Crippen LogP contribution in [0.25, 0.3) is 0 Å². The van der Waals surface area contributed by atoms with E-state index < -0.39 is 22.2 Å². The van der Waals surface area contributed by atoms with Gasteiger partial charge in [-0.25, -0.2) is 8.42 Å². The predicted molar refractivity (Wildman–Crippen MR) is 112 cm³/mol. The Bertz CT molecular complexity index is 1020. The number of piperazine rings is 1. The molecule has 1 unspecified atom stereocenters. The molecule has 1 aliphatic rings. The van der Waals surface area contributed by atoms with E-state index in [0.29, 0.717) is 17.9 Å². The van der Waals surface area contributed by atoms with Crippen LogP contribution in [-0.2, 0) is 19.6 Å². The van der Waals surface area contributed by atoms with Crippen molar-refractivity contribution in [3.8, 4) is 5.75 Å². The summed E-state index contributed by atoms with van der Waals surface area (Å²) in [4.78, 5) is 13.6. The molecule has 9 nitrogen and oxygen atoms in total. The third-order valence-corrected chi connectivity index (χ3v) is 6.69. The van der Waals surface area contributed by atoms with Gasteiger partial charge in [-0.1, -0.05) is 0 Å². The van der Waals surface area contributed by atoms with Gasteiger partial charge in [0.25, 0.3) is 0 Å². The van der Waals surface area contributed by atoms with Crippen molar-refractivity contribution in [1.29, 1.82) is 5.41 Å². The monoisotopic (exact) mass is 432 g/mol. The summed E-state index contributed by atoms with van der Waals surface area (Å²) in [5, 5.41) is 7.50. The Labute approximate surface area is 175 Å². The van der Waals surface area contributed by atoms with Crippen molar-refractivity contribution in [1.82, 2.24) is 4.31 Å². The van der Waals surface area contributed by atoms with Crippen molar-refractivity contribution in [3.63, 3.8) is 0 Å². The quantitative estimate of drug-likeness (QED) is 0.401. The molecule has 160 valence electrons. The SMILES string of the molecule is COc1ccc(S(=O)(=O)N2CCN(c3ccc(C(=N)N)cc3)C(OC(C)=O)C2)cc1. The van der Waals surface area contributed by atoms with Crippen molar-refractivity contribution in [3.05, 3.63) is 54.1 Å². The van der Waals surface area contributed by atoms with Gasteiger partial charge in [-0.2, -0.15) is 4.31 Å². The molecular formula is C20H24N4O5S. The Balaban J connectivity index is 1.84. The summed E-state index contributed by atoms with van der Waals surface area (Å²) in [6.45, 7) is 1.82. The lowest BCUT2D eigenvalue weighted by atomic mass is 10.1. The molecule has 0 spiro atoms. The highest BCUT2D eigenvalue weighted by Crippen LogP contribution is 2.26. The number of hydrogen-bond donors (Lipinski definition) is 2. The molecule has 1 heterocycles. The van der Waals surface area contributed by atoms with Gasteiger partial charge < -0.3 is 20.1 Å². The third kappa shape index (κ3) is 4.55. The van der Waals surface area contributed by atoms with Crippen LogP contribution in [-0.4, -0.2) is 57.5 Å². The lowest BCUT2D eigenvalue weighted by Crippen LogP contribution is -2.56. The molecule has 0 aromatic heterocycles. The van der Waals surface area contributed by atoms with Crippen LogP contribution >= 0.6 is 0 Å². The number of anilines is 1. The zero-order valence-corrected chi connectivity index (χ0v) is 17.6. The van der Waals surface area contributed by atoms with Crippen LogP contribution < -0.4 is 15.4 Å². The molecule has 0 aliphatic carbocycles. The molecule has 3 N–H and O–H groups in total. The van der Waals surface area contributed by atoms with Gasteiger partial charge in [0, 0.05) is 31.3 Å². The number of carbonyl (C=O) groups is 1. The highest BCUT2D eigenvalue weighted by molar-refractivity contribution is 7.89. The molecule has 0 amide bonds. The van der Waals surface area contributed by atoms with Crippen LogP contribution in [0.4, 0.5) is 5.69 Å². The van der Waals surface area contributed by atoms with E-state index in [1.165, 1.54) is 30.5 Å². The number of hydrogen-bond acceptors (Lipinski definition) is 7. The summed E-state index contributed by atoms with van der Waals surface area (Å²) in [6.07, 6.45) is -0.785. The maximum absolute atomic E-state index is 13.1. The number of nitrogens with one attached hydrogen (secondary N) is 1. The molecule has 1 atom stereocenters. The molecule has 10 heteroatoms. The van der Waals surface area contributed by atoms with Crippen molar-refractivity contribution in [2.24, 2.45) is 5.73 Å². The maximum atomic E-state index is 13.1. The fraction of sp³-hybridized carbons (Fsp3) is 0.300. The fourth-order valence-corrected chi connectivity index (χ4v) is 4.69. The minimum absolute atomic E-state index is 0.0115. The number of methoxy groups -OCH3 is 1. The Morgan fingerprint density at radius 2 is 1.73 bits per heavy atom. The van der Waals surface area contributed by atoms with E-state index in [1.54, 1.807) is 36.4 Å². The first-order valence-electron chi connectivity index (χ1n) is 9.25. The third-order valence-electron chi connectivity index (χ3n) is 4.81. The summed E-state index contributed by atoms with van der Waals surface area (Å²) >= 11 is 0. The first-order valence-corrected chi connectivity index (χ1v) is 10.7. The van der Waals surface area contributed by atoms with E-state index in [0.717, 1.165) is 5.69 Å². The number of ether oxygens (including phenoxy) is 2. The number of amidine groups is 1. The number of rotatable bonds is 6. The molecule has 1 fully saturated rings. The van der Waals surface area contributed by atoms with Crippen LogP contribution in [0.3, 0.4) is 0 Å². The molecule has 0 radical (unpaired) electrons. The average Bonchev–Trinajstić information content (AvgIpc) is 2.73. The van der Waals surface area contributed by atoms with Crippen molar-refractivity contribution >= 4 is 27.5 Å². The lowest BCUT2D eigenvalue weighted by Gasteiger charge is -2.41.